The second kappa shape index (κ2) is 8.27. The monoisotopic (exact) mass is 419 g/mol. The fourth-order valence-electron chi connectivity index (χ4n) is 2.34. The second-order valence-corrected chi connectivity index (χ2v) is 6.67. The van der Waals surface area contributed by atoms with Gasteiger partial charge in [-0.05, 0) is 50.1 Å². The van der Waals surface area contributed by atoms with Crippen molar-refractivity contribution in [3.05, 3.63) is 45.4 Å². The number of pyridine rings is 1. The molecule has 0 aliphatic rings. The van der Waals surface area contributed by atoms with Crippen molar-refractivity contribution in [2.75, 3.05) is 5.32 Å². The molecule has 0 fully saturated rings. The maximum atomic E-state index is 12.3. The van der Waals surface area contributed by atoms with Crippen LogP contribution in [-0.2, 0) is 0 Å². The molecule has 0 saturated heterocycles. The number of anilines is 2. The number of hydrogen-bond acceptors (Lipinski definition) is 4. The molecule has 4 nitrogen and oxygen atoms in total. The molecule has 0 aliphatic heterocycles. The number of aryl methyl sites for hydroxylation is 1. The zero-order valence-corrected chi connectivity index (χ0v) is 16.4. The quantitative estimate of drug-likeness (QED) is 0.763. The van der Waals surface area contributed by atoms with Gasteiger partial charge in [0.2, 0.25) is 0 Å². The molecule has 1 aromatic heterocycles. The number of alkyl halides is 3. The minimum absolute atomic E-state index is 0.184. The van der Waals surface area contributed by atoms with Crippen molar-refractivity contribution in [2.24, 2.45) is 5.73 Å². The number of rotatable bonds is 4. The van der Waals surface area contributed by atoms with Gasteiger partial charge in [-0.2, -0.15) is 0 Å². The molecule has 9 heteroatoms. The lowest BCUT2D eigenvalue weighted by molar-refractivity contribution is -0.274. The number of halogens is 5. The highest BCUT2D eigenvalue weighted by atomic mass is 35.5. The van der Waals surface area contributed by atoms with Gasteiger partial charge in [0, 0.05) is 21.6 Å². The van der Waals surface area contributed by atoms with Gasteiger partial charge in [0.05, 0.1) is 10.4 Å². The highest BCUT2D eigenvalue weighted by Crippen LogP contribution is 2.33. The van der Waals surface area contributed by atoms with Gasteiger partial charge in [0.1, 0.15) is 11.6 Å². The van der Waals surface area contributed by atoms with E-state index in [0.717, 1.165) is 16.8 Å². The molecule has 2 aromatic rings. The first-order valence-electron chi connectivity index (χ1n) is 7.97. The van der Waals surface area contributed by atoms with Crippen molar-refractivity contribution < 1.29 is 17.9 Å². The van der Waals surface area contributed by atoms with Crippen molar-refractivity contribution in [3.63, 3.8) is 0 Å². The van der Waals surface area contributed by atoms with Gasteiger partial charge in [-0.15, -0.1) is 13.2 Å². The third-order valence-corrected chi connectivity index (χ3v) is 4.37. The first-order valence-corrected chi connectivity index (χ1v) is 8.72. The van der Waals surface area contributed by atoms with Crippen molar-refractivity contribution >= 4 is 45.4 Å². The van der Waals surface area contributed by atoms with Gasteiger partial charge < -0.3 is 15.8 Å². The Labute approximate surface area is 164 Å². The number of nitrogens with one attached hydrogen (secondary N) is 1. The summed E-state index contributed by atoms with van der Waals surface area (Å²) in [5.74, 6) is 0.00769. The normalized spacial score (nSPS) is 13.9. The minimum atomic E-state index is -4.81. The number of ether oxygens (including phenoxy) is 1. The molecule has 1 aromatic carbocycles. The Morgan fingerprint density at radius 1 is 1.30 bits per heavy atom. The van der Waals surface area contributed by atoms with Gasteiger partial charge >= 0.3 is 6.36 Å². The van der Waals surface area contributed by atoms with Crippen LogP contribution in [0.4, 0.5) is 24.7 Å². The average Bonchev–Trinajstić information content (AvgIpc) is 2.56. The molecule has 0 radical (unpaired) electrons. The Morgan fingerprint density at radius 3 is 2.48 bits per heavy atom. The largest absolute Gasteiger partial charge is 0.573 e. The van der Waals surface area contributed by atoms with E-state index in [1.54, 1.807) is 6.92 Å². The Kier molecular flexibility index (Phi) is 6.49. The molecule has 0 amide bonds. The van der Waals surface area contributed by atoms with E-state index < -0.39 is 12.1 Å². The first kappa shape index (κ1) is 21.2. The molecular weight excluding hydrogens is 402 g/mol. The molecule has 0 atom stereocenters. The van der Waals surface area contributed by atoms with Gasteiger partial charge in [0.15, 0.2) is 0 Å². The number of benzene rings is 1. The highest BCUT2D eigenvalue weighted by Gasteiger charge is 2.32. The molecule has 146 valence electrons. The molecular formula is C18H18Cl2F3N3O. The number of hydrogen-bond donors (Lipinski definition) is 2. The lowest BCUT2D eigenvalue weighted by Gasteiger charge is -2.13. The van der Waals surface area contributed by atoms with Crippen molar-refractivity contribution in [1.82, 2.24) is 4.98 Å². The van der Waals surface area contributed by atoms with Crippen LogP contribution in [0.25, 0.3) is 10.7 Å². The molecule has 0 saturated carbocycles. The van der Waals surface area contributed by atoms with E-state index in [4.69, 9.17) is 28.9 Å². The molecule has 0 aliphatic carbocycles. The van der Waals surface area contributed by atoms with Crippen LogP contribution in [0.2, 0.25) is 5.02 Å². The summed E-state index contributed by atoms with van der Waals surface area (Å²) in [6.07, 6.45) is -4.24. The zero-order valence-electron chi connectivity index (χ0n) is 14.8. The molecule has 1 heterocycles. The van der Waals surface area contributed by atoms with Crippen LogP contribution in [0.1, 0.15) is 25.8 Å². The maximum Gasteiger partial charge on any atom is 0.573 e. The fourth-order valence-corrected chi connectivity index (χ4v) is 2.70. The average molecular weight is 420 g/mol. The number of nitrogens with zero attached hydrogens (tertiary/aromatic N) is 1. The van der Waals surface area contributed by atoms with Crippen LogP contribution in [0.3, 0.4) is 0 Å². The SMILES string of the molecule is CC/C(Cl)=c1/nc(Nc2ccc(OC(F)(F)F)c(Cl)c2)c(C)c/c1=C(/C)N. The second-order valence-electron chi connectivity index (χ2n) is 5.81. The van der Waals surface area contributed by atoms with Gasteiger partial charge in [-0.25, -0.2) is 4.98 Å². The van der Waals surface area contributed by atoms with Crippen LogP contribution in [0, 0.1) is 6.92 Å². The molecule has 2 rings (SSSR count). The number of nitrogens with two attached hydrogens (primary N) is 1. The summed E-state index contributed by atoms with van der Waals surface area (Å²) in [6, 6.07) is 5.71. The lowest BCUT2D eigenvalue weighted by atomic mass is 10.2. The summed E-state index contributed by atoms with van der Waals surface area (Å²) in [5.41, 5.74) is 7.74. The van der Waals surface area contributed by atoms with E-state index >= 15 is 0 Å². The summed E-state index contributed by atoms with van der Waals surface area (Å²) >= 11 is 12.2. The predicted molar refractivity (Wildman–Crippen MR) is 102 cm³/mol. The molecule has 3 N–H and O–H groups in total. The highest BCUT2D eigenvalue weighted by molar-refractivity contribution is 6.44. The third-order valence-electron chi connectivity index (χ3n) is 3.63. The van der Waals surface area contributed by atoms with Gasteiger partial charge in [-0.1, -0.05) is 30.1 Å². The van der Waals surface area contributed by atoms with E-state index in [-0.39, 0.29) is 5.02 Å². The first-order chi connectivity index (χ1) is 12.5. The summed E-state index contributed by atoms with van der Waals surface area (Å²) in [5, 5.41) is 4.68. The molecule has 0 unspecified atom stereocenters. The molecule has 0 bridgehead atoms. The Bertz CT molecular complexity index is 971. The van der Waals surface area contributed by atoms with E-state index in [9.17, 15) is 13.2 Å². The van der Waals surface area contributed by atoms with Crippen LogP contribution in [0.5, 0.6) is 5.75 Å². The van der Waals surface area contributed by atoms with Crippen LogP contribution >= 0.6 is 23.2 Å². The Balaban J connectivity index is 2.47. The Morgan fingerprint density at radius 2 is 1.96 bits per heavy atom. The molecule has 27 heavy (non-hydrogen) atoms. The summed E-state index contributed by atoms with van der Waals surface area (Å²) < 4.78 is 40.9. The van der Waals surface area contributed by atoms with E-state index in [1.807, 2.05) is 19.9 Å². The fraction of sp³-hybridized carbons (Fsp3) is 0.278. The van der Waals surface area contributed by atoms with Crippen LogP contribution in [0.15, 0.2) is 24.3 Å². The van der Waals surface area contributed by atoms with Crippen molar-refractivity contribution in [2.45, 2.75) is 33.6 Å². The maximum absolute atomic E-state index is 12.3. The van der Waals surface area contributed by atoms with Crippen LogP contribution < -0.4 is 26.4 Å². The molecule has 0 spiro atoms. The predicted octanol–water partition coefficient (Wildman–Crippen LogP) is 4.53. The van der Waals surface area contributed by atoms with Gasteiger partial charge in [-0.3, -0.25) is 0 Å². The minimum Gasteiger partial charge on any atom is -0.404 e. The van der Waals surface area contributed by atoms with E-state index in [0.29, 0.717) is 34.0 Å². The van der Waals surface area contributed by atoms with Gasteiger partial charge in [0.25, 0.3) is 0 Å². The summed E-state index contributed by atoms with van der Waals surface area (Å²) in [4.78, 5) is 4.54. The Hall–Kier alpha value is -2.12. The van der Waals surface area contributed by atoms with Crippen LogP contribution in [-0.4, -0.2) is 11.3 Å². The zero-order chi connectivity index (χ0) is 20.4. The van der Waals surface area contributed by atoms with E-state index in [1.165, 1.54) is 12.1 Å². The topological polar surface area (TPSA) is 60.2 Å². The number of aromatic nitrogens is 1. The lowest BCUT2D eigenvalue weighted by Crippen LogP contribution is -2.34. The van der Waals surface area contributed by atoms with Crippen molar-refractivity contribution in [1.29, 1.82) is 0 Å². The summed E-state index contributed by atoms with van der Waals surface area (Å²) in [6.45, 7) is 5.48. The third kappa shape index (κ3) is 5.43. The smallest absolute Gasteiger partial charge is 0.404 e. The summed E-state index contributed by atoms with van der Waals surface area (Å²) in [7, 11) is 0. The van der Waals surface area contributed by atoms with E-state index in [2.05, 4.69) is 15.0 Å². The standard InChI is InChI=1S/C18H18Cl2F3N3O/c1-4-13(19)16-12(10(3)24)7-9(2)17(26-16)25-11-5-6-15(14(20)8-11)27-18(21,22)23/h5-8H,4,24H2,1-3H3,(H,25,26)/b12-10+,16-13-. The van der Waals surface area contributed by atoms with Crippen molar-refractivity contribution in [3.8, 4) is 5.75 Å².